The third kappa shape index (κ3) is 3.69. The van der Waals surface area contributed by atoms with Gasteiger partial charge in [-0.3, -0.25) is 4.79 Å². The number of aromatic nitrogens is 4. The van der Waals surface area contributed by atoms with E-state index in [2.05, 4.69) is 15.1 Å². The van der Waals surface area contributed by atoms with E-state index < -0.39 is 0 Å². The molecule has 0 saturated carbocycles. The molecule has 6 nitrogen and oxygen atoms in total. The highest BCUT2D eigenvalue weighted by Gasteiger charge is 2.09. The SMILES string of the molecule is O=c1[nH]c(SCC=Cc2ccccc2)nc2c1cnn2CCO. The molecule has 0 unspecified atom stereocenters. The van der Waals surface area contributed by atoms with E-state index >= 15 is 0 Å². The molecule has 3 rings (SSSR count). The second-order valence-corrected chi connectivity index (χ2v) is 5.83. The number of rotatable bonds is 6. The first-order valence-corrected chi connectivity index (χ1v) is 8.17. The Morgan fingerprint density at radius 3 is 2.91 bits per heavy atom. The van der Waals surface area contributed by atoms with Gasteiger partial charge in [0.15, 0.2) is 10.8 Å². The fourth-order valence-electron chi connectivity index (χ4n) is 2.15. The Labute approximate surface area is 136 Å². The summed E-state index contributed by atoms with van der Waals surface area (Å²) < 4.78 is 1.54. The highest BCUT2D eigenvalue weighted by molar-refractivity contribution is 7.99. The van der Waals surface area contributed by atoms with Crippen LogP contribution < -0.4 is 5.56 Å². The van der Waals surface area contributed by atoms with Gasteiger partial charge in [0.1, 0.15) is 5.39 Å². The van der Waals surface area contributed by atoms with Gasteiger partial charge >= 0.3 is 0 Å². The van der Waals surface area contributed by atoms with Crippen molar-refractivity contribution >= 4 is 28.9 Å². The fraction of sp³-hybridized carbons (Fsp3) is 0.188. The Morgan fingerprint density at radius 1 is 1.30 bits per heavy atom. The minimum Gasteiger partial charge on any atom is -0.394 e. The number of hydrogen-bond acceptors (Lipinski definition) is 5. The number of aliphatic hydroxyl groups is 1. The average molecular weight is 328 g/mol. The van der Waals surface area contributed by atoms with Crippen molar-refractivity contribution in [2.75, 3.05) is 12.4 Å². The Morgan fingerprint density at radius 2 is 2.13 bits per heavy atom. The summed E-state index contributed by atoms with van der Waals surface area (Å²) in [4.78, 5) is 19.2. The maximum atomic E-state index is 12.0. The standard InChI is InChI=1S/C16H16N4O2S/c21-9-8-20-14-13(11-17-20)15(22)19-16(18-14)23-10-4-7-12-5-2-1-3-6-12/h1-7,11,21H,8-10H2,(H,18,19,22). The van der Waals surface area contributed by atoms with E-state index in [-0.39, 0.29) is 12.2 Å². The van der Waals surface area contributed by atoms with Gasteiger partial charge in [0.05, 0.1) is 19.3 Å². The van der Waals surface area contributed by atoms with Gasteiger partial charge in [-0.2, -0.15) is 5.10 Å². The number of thioether (sulfide) groups is 1. The van der Waals surface area contributed by atoms with Crippen LogP contribution in [-0.2, 0) is 6.54 Å². The fourth-order valence-corrected chi connectivity index (χ4v) is 2.81. The molecule has 0 radical (unpaired) electrons. The molecule has 0 aliphatic heterocycles. The molecule has 0 bridgehead atoms. The monoisotopic (exact) mass is 328 g/mol. The largest absolute Gasteiger partial charge is 0.394 e. The summed E-state index contributed by atoms with van der Waals surface area (Å²) in [6.45, 7) is 0.269. The number of nitrogens with one attached hydrogen (secondary N) is 1. The van der Waals surface area contributed by atoms with Gasteiger partial charge in [-0.05, 0) is 5.56 Å². The third-order valence-electron chi connectivity index (χ3n) is 3.22. The Balaban J connectivity index is 1.74. The Hall–Kier alpha value is -2.38. The first kappa shape index (κ1) is 15.5. The molecule has 3 aromatic rings. The van der Waals surface area contributed by atoms with Gasteiger partial charge in [-0.15, -0.1) is 0 Å². The van der Waals surface area contributed by atoms with Crippen LogP contribution >= 0.6 is 11.8 Å². The molecular weight excluding hydrogens is 312 g/mol. The molecule has 0 saturated heterocycles. The van der Waals surface area contributed by atoms with Crippen LogP contribution in [-0.4, -0.2) is 37.2 Å². The Kier molecular flexibility index (Phi) is 4.89. The highest BCUT2D eigenvalue weighted by Crippen LogP contribution is 2.15. The van der Waals surface area contributed by atoms with Crippen LogP contribution in [0.25, 0.3) is 17.1 Å². The normalized spacial score (nSPS) is 11.5. The smallest absolute Gasteiger partial charge is 0.262 e. The van der Waals surface area contributed by atoms with E-state index in [9.17, 15) is 4.79 Å². The summed E-state index contributed by atoms with van der Waals surface area (Å²) in [5.74, 6) is 0.692. The first-order valence-electron chi connectivity index (χ1n) is 7.19. The highest BCUT2D eigenvalue weighted by atomic mass is 32.2. The molecule has 0 atom stereocenters. The van der Waals surface area contributed by atoms with Gasteiger partial charge in [-0.25, -0.2) is 9.67 Å². The van der Waals surface area contributed by atoms with E-state index in [4.69, 9.17) is 5.11 Å². The van der Waals surface area contributed by atoms with Crippen LogP contribution in [0.15, 0.2) is 52.6 Å². The van der Waals surface area contributed by atoms with Crippen LogP contribution in [0.4, 0.5) is 0 Å². The maximum Gasteiger partial charge on any atom is 0.262 e. The summed E-state index contributed by atoms with van der Waals surface area (Å²) in [5, 5.41) is 14.1. The minimum absolute atomic E-state index is 0.0481. The van der Waals surface area contributed by atoms with Crippen molar-refractivity contribution in [1.29, 1.82) is 0 Å². The first-order chi connectivity index (χ1) is 11.3. The van der Waals surface area contributed by atoms with Crippen molar-refractivity contribution in [2.24, 2.45) is 0 Å². The second kappa shape index (κ2) is 7.26. The lowest BCUT2D eigenvalue weighted by Crippen LogP contribution is -2.11. The zero-order chi connectivity index (χ0) is 16.1. The lowest BCUT2D eigenvalue weighted by Gasteiger charge is -2.01. The zero-order valence-electron chi connectivity index (χ0n) is 12.3. The van der Waals surface area contributed by atoms with Gasteiger partial charge in [0.2, 0.25) is 0 Å². The molecule has 7 heteroatoms. The van der Waals surface area contributed by atoms with E-state index in [1.807, 2.05) is 42.5 Å². The molecule has 0 amide bonds. The molecule has 0 spiro atoms. The van der Waals surface area contributed by atoms with Gasteiger partial charge in [0, 0.05) is 5.75 Å². The number of H-pyrrole nitrogens is 1. The van der Waals surface area contributed by atoms with E-state index in [1.54, 1.807) is 0 Å². The van der Waals surface area contributed by atoms with E-state index in [1.165, 1.54) is 22.6 Å². The summed E-state index contributed by atoms with van der Waals surface area (Å²) in [6, 6.07) is 10.0. The molecule has 2 aromatic heterocycles. The maximum absolute atomic E-state index is 12.0. The topological polar surface area (TPSA) is 83.8 Å². The van der Waals surface area contributed by atoms with Crippen molar-refractivity contribution < 1.29 is 5.11 Å². The van der Waals surface area contributed by atoms with Crippen molar-refractivity contribution in [2.45, 2.75) is 11.7 Å². The number of aliphatic hydroxyl groups excluding tert-OH is 1. The van der Waals surface area contributed by atoms with Crippen LogP contribution in [0.1, 0.15) is 5.56 Å². The van der Waals surface area contributed by atoms with Crippen LogP contribution in [0, 0.1) is 0 Å². The molecule has 118 valence electrons. The lowest BCUT2D eigenvalue weighted by atomic mass is 10.2. The van der Waals surface area contributed by atoms with Gasteiger partial charge in [0.25, 0.3) is 5.56 Å². The van der Waals surface area contributed by atoms with Crippen LogP contribution in [0.3, 0.4) is 0 Å². The van der Waals surface area contributed by atoms with Gasteiger partial charge < -0.3 is 10.1 Å². The number of nitrogens with zero attached hydrogens (tertiary/aromatic N) is 3. The van der Waals surface area contributed by atoms with Crippen molar-refractivity contribution in [3.05, 3.63) is 58.5 Å². The van der Waals surface area contributed by atoms with E-state index in [0.717, 1.165) is 5.56 Å². The number of benzene rings is 1. The average Bonchev–Trinajstić information content (AvgIpc) is 2.97. The van der Waals surface area contributed by atoms with Crippen molar-refractivity contribution in [3.8, 4) is 0 Å². The molecule has 2 heterocycles. The Bertz CT molecular complexity index is 871. The minimum atomic E-state index is -0.214. The molecular formula is C16H16N4O2S. The number of aromatic amines is 1. The number of hydrogen-bond donors (Lipinski definition) is 2. The van der Waals surface area contributed by atoms with Crippen LogP contribution in [0.5, 0.6) is 0 Å². The molecule has 2 N–H and O–H groups in total. The van der Waals surface area contributed by atoms with Crippen molar-refractivity contribution in [3.63, 3.8) is 0 Å². The quantitative estimate of drug-likeness (QED) is 0.533. The summed E-state index contributed by atoms with van der Waals surface area (Å²) in [6.07, 6.45) is 5.52. The molecule has 0 aliphatic rings. The summed E-state index contributed by atoms with van der Waals surface area (Å²) >= 11 is 1.44. The third-order valence-corrected chi connectivity index (χ3v) is 4.05. The molecule has 0 fully saturated rings. The van der Waals surface area contributed by atoms with Crippen molar-refractivity contribution in [1.82, 2.24) is 19.7 Å². The zero-order valence-corrected chi connectivity index (χ0v) is 13.2. The van der Waals surface area contributed by atoms with Crippen LogP contribution in [0.2, 0.25) is 0 Å². The number of fused-ring (bicyclic) bond motifs is 1. The predicted octanol–water partition coefficient (Wildman–Crippen LogP) is 1.92. The summed E-state index contributed by atoms with van der Waals surface area (Å²) in [5.41, 5.74) is 1.41. The second-order valence-electron chi connectivity index (χ2n) is 4.82. The van der Waals surface area contributed by atoms with Gasteiger partial charge in [-0.1, -0.05) is 54.2 Å². The predicted molar refractivity (Wildman–Crippen MR) is 91.4 cm³/mol. The lowest BCUT2D eigenvalue weighted by molar-refractivity contribution is 0.271. The summed E-state index contributed by atoms with van der Waals surface area (Å²) in [7, 11) is 0. The molecule has 0 aliphatic carbocycles. The molecule has 1 aromatic carbocycles. The van der Waals surface area contributed by atoms with E-state index in [0.29, 0.717) is 28.5 Å². The molecule has 23 heavy (non-hydrogen) atoms.